The minimum absolute atomic E-state index is 0.0311. The molecule has 0 fully saturated rings. The molecule has 1 unspecified atom stereocenters. The molecule has 1 amide bonds. The summed E-state index contributed by atoms with van der Waals surface area (Å²) < 4.78 is 46.9. The van der Waals surface area contributed by atoms with Crippen molar-refractivity contribution in [2.24, 2.45) is 0 Å². The minimum Gasteiger partial charge on any atom is -0.488 e. The van der Waals surface area contributed by atoms with Crippen LogP contribution in [0.3, 0.4) is 0 Å². The van der Waals surface area contributed by atoms with Crippen LogP contribution in [0.5, 0.6) is 5.75 Å². The van der Waals surface area contributed by atoms with Gasteiger partial charge in [-0.1, -0.05) is 0 Å². The Morgan fingerprint density at radius 2 is 2.09 bits per heavy atom. The van der Waals surface area contributed by atoms with E-state index in [4.69, 9.17) is 10.5 Å². The second-order valence-electron chi connectivity index (χ2n) is 8.62. The highest BCUT2D eigenvalue weighted by molar-refractivity contribution is 7.89. The molecular weight excluding hydrogens is 435 g/mol. The fourth-order valence-electron chi connectivity index (χ4n) is 3.87. The summed E-state index contributed by atoms with van der Waals surface area (Å²) in [7, 11) is -3.83. The third-order valence-electron chi connectivity index (χ3n) is 5.30. The number of fused-ring (bicyclic) bond motifs is 1. The van der Waals surface area contributed by atoms with Gasteiger partial charge >= 0.3 is 0 Å². The average molecular weight is 465 g/mol. The van der Waals surface area contributed by atoms with Crippen molar-refractivity contribution >= 4 is 21.6 Å². The molecule has 2 aromatic rings. The Hall–Kier alpha value is -2.72. The molecule has 0 aliphatic carbocycles. The zero-order chi connectivity index (χ0) is 23.5. The number of aromatic nitrogens is 1. The van der Waals surface area contributed by atoms with E-state index in [0.29, 0.717) is 35.5 Å². The fraction of sp³-hybridized carbons (Fsp3) is 0.455. The van der Waals surface area contributed by atoms with Crippen LogP contribution in [0.1, 0.15) is 50.8 Å². The Kier molecular flexibility index (Phi) is 7.04. The molecule has 32 heavy (non-hydrogen) atoms. The van der Waals surface area contributed by atoms with Crippen LogP contribution in [0.25, 0.3) is 0 Å². The number of ether oxygens (including phenoxy) is 1. The number of carbonyl (C=O) groups is 1. The average Bonchev–Trinajstić information content (AvgIpc) is 2.70. The second kappa shape index (κ2) is 9.41. The van der Waals surface area contributed by atoms with Gasteiger partial charge in [-0.3, -0.25) is 15.2 Å². The van der Waals surface area contributed by atoms with Crippen LogP contribution in [0.4, 0.5) is 10.1 Å². The van der Waals surface area contributed by atoms with Gasteiger partial charge in [-0.05, 0) is 62.9 Å². The Bertz CT molecular complexity index is 1070. The van der Waals surface area contributed by atoms with Crippen molar-refractivity contribution < 1.29 is 22.3 Å². The Morgan fingerprint density at radius 1 is 1.34 bits per heavy atom. The van der Waals surface area contributed by atoms with E-state index in [2.05, 4.69) is 10.4 Å². The molecule has 0 radical (unpaired) electrons. The maximum Gasteiger partial charge on any atom is 0.232 e. The van der Waals surface area contributed by atoms with Crippen molar-refractivity contribution in [3.8, 4) is 5.75 Å². The van der Waals surface area contributed by atoms with E-state index in [-0.39, 0.29) is 24.6 Å². The summed E-state index contributed by atoms with van der Waals surface area (Å²) in [5.74, 6) is -0.719. The molecular formula is C22H29FN4O4S. The Labute approximate surface area is 188 Å². The van der Waals surface area contributed by atoms with Crippen molar-refractivity contribution in [2.45, 2.75) is 51.6 Å². The predicted octanol–water partition coefficient (Wildman–Crippen LogP) is 2.76. The highest BCUT2D eigenvalue weighted by Gasteiger charge is 2.35. The quantitative estimate of drug-likeness (QED) is 0.581. The molecule has 1 aromatic carbocycles. The number of rotatable bonds is 8. The van der Waals surface area contributed by atoms with Crippen LogP contribution in [0.15, 0.2) is 36.5 Å². The van der Waals surface area contributed by atoms with Gasteiger partial charge in [0.05, 0.1) is 17.6 Å². The van der Waals surface area contributed by atoms with E-state index in [1.54, 1.807) is 18.2 Å². The van der Waals surface area contributed by atoms with Crippen LogP contribution in [-0.4, -0.2) is 41.6 Å². The van der Waals surface area contributed by atoms with Crippen molar-refractivity contribution in [3.05, 3.63) is 53.6 Å². The summed E-state index contributed by atoms with van der Waals surface area (Å²) >= 11 is 0. The maximum absolute atomic E-state index is 13.8. The van der Waals surface area contributed by atoms with E-state index in [1.807, 2.05) is 13.8 Å². The molecule has 1 aliphatic heterocycles. The number of anilines is 1. The van der Waals surface area contributed by atoms with Gasteiger partial charge in [0, 0.05) is 31.1 Å². The number of hydrogen-bond acceptors (Lipinski definition) is 6. The molecule has 10 heteroatoms. The van der Waals surface area contributed by atoms with E-state index in [9.17, 15) is 17.6 Å². The van der Waals surface area contributed by atoms with Gasteiger partial charge in [-0.2, -0.15) is 0 Å². The predicted molar refractivity (Wildman–Crippen MR) is 120 cm³/mol. The lowest BCUT2D eigenvalue weighted by Crippen LogP contribution is -2.47. The van der Waals surface area contributed by atoms with Crippen LogP contribution in [0.2, 0.25) is 0 Å². The smallest absolute Gasteiger partial charge is 0.232 e. The lowest BCUT2D eigenvalue weighted by molar-refractivity contribution is -0.121. The second-order valence-corrected chi connectivity index (χ2v) is 10.6. The number of nitrogens with two attached hydrogens (primary N) is 1. The number of hydrogen-bond donors (Lipinski definition) is 2. The first-order chi connectivity index (χ1) is 14.9. The standard InChI is InChI=1S/C22H29FN4O4S/c1-15(28)26-27(10-8-19-6-5-18(24)14-25-19)32(29,30)11-9-16-13-22(2,3)31-21-7-4-17(23)12-20(16)21/h4-7,12,14,16H,8-11,13,24H2,1-3H3,(H,26,28). The van der Waals surface area contributed by atoms with Gasteiger partial charge in [0.1, 0.15) is 17.2 Å². The number of carbonyl (C=O) groups excluding carboxylic acids is 1. The maximum atomic E-state index is 13.8. The Morgan fingerprint density at radius 3 is 2.75 bits per heavy atom. The van der Waals surface area contributed by atoms with Crippen LogP contribution in [0, 0.1) is 5.82 Å². The van der Waals surface area contributed by atoms with E-state index in [1.165, 1.54) is 25.3 Å². The first-order valence-corrected chi connectivity index (χ1v) is 12.0. The van der Waals surface area contributed by atoms with Crippen molar-refractivity contribution in [3.63, 3.8) is 0 Å². The monoisotopic (exact) mass is 464 g/mol. The van der Waals surface area contributed by atoms with Gasteiger partial charge in [0.15, 0.2) is 0 Å². The summed E-state index contributed by atoms with van der Waals surface area (Å²) in [6.45, 7) is 5.13. The summed E-state index contributed by atoms with van der Waals surface area (Å²) in [4.78, 5) is 15.8. The molecule has 1 atom stereocenters. The van der Waals surface area contributed by atoms with Gasteiger partial charge in [0.25, 0.3) is 0 Å². The first kappa shape index (κ1) is 23.9. The van der Waals surface area contributed by atoms with Gasteiger partial charge in [-0.15, -0.1) is 4.41 Å². The number of nitrogens with zero attached hydrogens (tertiary/aromatic N) is 2. The molecule has 174 valence electrons. The number of nitrogen functional groups attached to an aromatic ring is 1. The topological polar surface area (TPSA) is 115 Å². The molecule has 0 bridgehead atoms. The summed E-state index contributed by atoms with van der Waals surface area (Å²) in [5, 5.41) is 0. The fourth-order valence-corrected chi connectivity index (χ4v) is 5.31. The van der Waals surface area contributed by atoms with E-state index in [0.717, 1.165) is 4.41 Å². The summed E-state index contributed by atoms with van der Waals surface area (Å²) in [6.07, 6.45) is 2.62. The Balaban J connectivity index is 1.74. The molecule has 8 nitrogen and oxygen atoms in total. The number of halogens is 1. The zero-order valence-electron chi connectivity index (χ0n) is 18.5. The molecule has 1 aromatic heterocycles. The summed E-state index contributed by atoms with van der Waals surface area (Å²) in [5.41, 5.74) is 9.36. The zero-order valence-corrected chi connectivity index (χ0v) is 19.3. The largest absolute Gasteiger partial charge is 0.488 e. The SMILES string of the molecule is CC(=O)NN(CCc1ccc(N)cn1)S(=O)(=O)CCC1CC(C)(C)Oc2ccc(F)cc21. The number of amides is 1. The minimum atomic E-state index is -3.83. The highest BCUT2D eigenvalue weighted by Crippen LogP contribution is 2.42. The van der Waals surface area contributed by atoms with Gasteiger partial charge < -0.3 is 10.5 Å². The number of nitrogens with one attached hydrogen (secondary N) is 1. The number of benzene rings is 1. The van der Waals surface area contributed by atoms with Crippen molar-refractivity contribution in [1.82, 2.24) is 14.8 Å². The number of sulfonamides is 1. The van der Waals surface area contributed by atoms with Gasteiger partial charge in [0.2, 0.25) is 15.9 Å². The molecule has 3 N–H and O–H groups in total. The summed E-state index contributed by atoms with van der Waals surface area (Å²) in [6, 6.07) is 7.71. The van der Waals surface area contributed by atoms with E-state index < -0.39 is 27.3 Å². The highest BCUT2D eigenvalue weighted by atomic mass is 32.2. The van der Waals surface area contributed by atoms with Crippen LogP contribution >= 0.6 is 0 Å². The molecule has 0 spiro atoms. The third-order valence-corrected chi connectivity index (χ3v) is 6.99. The molecule has 0 saturated heterocycles. The molecule has 2 heterocycles. The van der Waals surface area contributed by atoms with Crippen LogP contribution in [-0.2, 0) is 21.2 Å². The molecule has 1 aliphatic rings. The number of pyridine rings is 1. The van der Waals surface area contributed by atoms with Crippen molar-refractivity contribution in [2.75, 3.05) is 18.0 Å². The lowest BCUT2D eigenvalue weighted by Gasteiger charge is -2.38. The molecule has 0 saturated carbocycles. The van der Waals surface area contributed by atoms with Crippen molar-refractivity contribution in [1.29, 1.82) is 0 Å². The lowest BCUT2D eigenvalue weighted by atomic mass is 9.83. The molecule has 3 rings (SSSR count). The number of hydrazine groups is 1. The van der Waals surface area contributed by atoms with Crippen LogP contribution < -0.4 is 15.9 Å². The third kappa shape index (κ3) is 6.17. The van der Waals surface area contributed by atoms with Gasteiger partial charge in [-0.25, -0.2) is 12.8 Å². The first-order valence-electron chi connectivity index (χ1n) is 10.4. The normalized spacial score (nSPS) is 17.5. The van der Waals surface area contributed by atoms with E-state index >= 15 is 0 Å².